The van der Waals surface area contributed by atoms with E-state index < -0.39 is 17.5 Å². The van der Waals surface area contributed by atoms with Gasteiger partial charge in [-0.3, -0.25) is 14.4 Å². The summed E-state index contributed by atoms with van der Waals surface area (Å²) in [6.45, 7) is 0. The molecular formula is C18H13NO3. The van der Waals surface area contributed by atoms with Gasteiger partial charge in [0.15, 0.2) is 5.78 Å². The number of hydrogen-bond acceptors (Lipinski definition) is 3. The van der Waals surface area contributed by atoms with E-state index in [4.69, 9.17) is 0 Å². The molecule has 108 valence electrons. The third-order valence-electron chi connectivity index (χ3n) is 3.61. The van der Waals surface area contributed by atoms with E-state index in [9.17, 15) is 14.4 Å². The van der Waals surface area contributed by atoms with Gasteiger partial charge in [-0.05, 0) is 5.56 Å². The second-order valence-corrected chi connectivity index (χ2v) is 4.98. The van der Waals surface area contributed by atoms with Crippen molar-refractivity contribution in [3.8, 4) is 0 Å². The molecule has 22 heavy (non-hydrogen) atoms. The van der Waals surface area contributed by atoms with Gasteiger partial charge in [0.05, 0.1) is 5.70 Å². The van der Waals surface area contributed by atoms with Crippen molar-refractivity contribution in [1.82, 2.24) is 4.90 Å². The molecule has 0 spiro atoms. The van der Waals surface area contributed by atoms with E-state index in [1.54, 1.807) is 54.6 Å². The first kappa shape index (κ1) is 13.9. The van der Waals surface area contributed by atoms with E-state index in [0.717, 1.165) is 0 Å². The first-order valence-electron chi connectivity index (χ1n) is 6.83. The van der Waals surface area contributed by atoms with Gasteiger partial charge >= 0.3 is 0 Å². The van der Waals surface area contributed by atoms with Gasteiger partial charge in [0, 0.05) is 12.6 Å². The van der Waals surface area contributed by atoms with Crippen molar-refractivity contribution in [3.63, 3.8) is 0 Å². The molecule has 1 amide bonds. The summed E-state index contributed by atoms with van der Waals surface area (Å²) in [5.41, 5.74) is 1.36. The van der Waals surface area contributed by atoms with Crippen LogP contribution in [-0.2, 0) is 9.59 Å². The monoisotopic (exact) mass is 291 g/mol. The Bertz CT molecular complexity index is 792. The number of amides is 1. The van der Waals surface area contributed by atoms with Crippen LogP contribution >= 0.6 is 0 Å². The van der Waals surface area contributed by atoms with Gasteiger partial charge in [0.2, 0.25) is 0 Å². The van der Waals surface area contributed by atoms with Crippen LogP contribution in [0, 0.1) is 0 Å². The normalized spacial score (nSPS) is 14.7. The van der Waals surface area contributed by atoms with Gasteiger partial charge in [-0.1, -0.05) is 60.7 Å². The fraction of sp³-hybridized carbons (Fsp3) is 0.0556. The number of carbonyl (C=O) groups excluding carboxylic acids is 3. The number of nitrogens with zero attached hydrogens (tertiary/aromatic N) is 1. The third kappa shape index (κ3) is 2.15. The van der Waals surface area contributed by atoms with Crippen molar-refractivity contribution in [1.29, 1.82) is 0 Å². The molecule has 3 rings (SSSR count). The number of rotatable bonds is 3. The summed E-state index contributed by atoms with van der Waals surface area (Å²) in [5, 5.41) is 0. The molecule has 0 fully saturated rings. The Balaban J connectivity index is 2.19. The maximum absolute atomic E-state index is 12.7. The molecule has 0 saturated carbocycles. The molecule has 1 aliphatic heterocycles. The van der Waals surface area contributed by atoms with Gasteiger partial charge in [0.25, 0.3) is 11.7 Å². The van der Waals surface area contributed by atoms with E-state index in [0.29, 0.717) is 16.8 Å². The van der Waals surface area contributed by atoms with Crippen LogP contribution in [0.25, 0.3) is 5.70 Å². The van der Waals surface area contributed by atoms with E-state index >= 15 is 0 Å². The molecule has 0 aliphatic carbocycles. The number of benzene rings is 2. The first-order valence-corrected chi connectivity index (χ1v) is 6.83. The van der Waals surface area contributed by atoms with Crippen molar-refractivity contribution in [2.45, 2.75) is 0 Å². The van der Waals surface area contributed by atoms with E-state index in [2.05, 4.69) is 0 Å². The summed E-state index contributed by atoms with van der Waals surface area (Å²) in [6, 6.07) is 17.5. The maximum Gasteiger partial charge on any atom is 0.299 e. The Morgan fingerprint density at radius 3 is 2.00 bits per heavy atom. The van der Waals surface area contributed by atoms with E-state index in [-0.39, 0.29) is 5.57 Å². The lowest BCUT2D eigenvalue weighted by Crippen LogP contribution is -2.24. The number of hydrogen-bond donors (Lipinski definition) is 0. The molecule has 1 heterocycles. The highest BCUT2D eigenvalue weighted by atomic mass is 16.2. The zero-order chi connectivity index (χ0) is 15.7. The highest BCUT2D eigenvalue weighted by molar-refractivity contribution is 6.56. The van der Waals surface area contributed by atoms with Crippen LogP contribution in [0.2, 0.25) is 0 Å². The molecule has 0 saturated heterocycles. The lowest BCUT2D eigenvalue weighted by molar-refractivity contribution is -0.138. The van der Waals surface area contributed by atoms with Crippen LogP contribution in [0.15, 0.2) is 66.2 Å². The first-order chi connectivity index (χ1) is 10.6. The summed E-state index contributed by atoms with van der Waals surface area (Å²) in [4.78, 5) is 38.2. The summed E-state index contributed by atoms with van der Waals surface area (Å²) in [6.07, 6.45) is 0. The van der Waals surface area contributed by atoms with Crippen molar-refractivity contribution < 1.29 is 14.4 Å². The molecular weight excluding hydrogens is 278 g/mol. The lowest BCUT2D eigenvalue weighted by atomic mass is 9.97. The Kier molecular flexibility index (Phi) is 3.43. The SMILES string of the molecule is CN1C(=O)C(=O)C(C(=O)c2ccccc2)=C1c1ccccc1. The highest BCUT2D eigenvalue weighted by Gasteiger charge is 2.40. The van der Waals surface area contributed by atoms with Gasteiger partial charge in [-0.25, -0.2) is 0 Å². The van der Waals surface area contributed by atoms with Crippen molar-refractivity contribution >= 4 is 23.2 Å². The summed E-state index contributed by atoms with van der Waals surface area (Å²) >= 11 is 0. The Morgan fingerprint density at radius 2 is 1.41 bits per heavy atom. The number of Topliss-reactive ketones (excluding diaryl/α,β-unsaturated/α-hetero) is 2. The van der Waals surface area contributed by atoms with Crippen molar-refractivity contribution in [2.24, 2.45) is 0 Å². The Labute approximate surface area is 127 Å². The molecule has 0 N–H and O–H groups in total. The van der Waals surface area contributed by atoms with Crippen LogP contribution in [0.5, 0.6) is 0 Å². The quantitative estimate of drug-likeness (QED) is 0.495. The van der Waals surface area contributed by atoms with Crippen molar-refractivity contribution in [3.05, 3.63) is 77.4 Å². The molecule has 0 unspecified atom stereocenters. The van der Waals surface area contributed by atoms with Gasteiger partial charge in [0.1, 0.15) is 5.57 Å². The number of likely N-dealkylation sites (N-methyl/N-ethyl adjacent to an activating group) is 1. The average molecular weight is 291 g/mol. The molecule has 2 aromatic rings. The average Bonchev–Trinajstić information content (AvgIpc) is 2.80. The fourth-order valence-electron chi connectivity index (χ4n) is 2.51. The topological polar surface area (TPSA) is 54.5 Å². The number of carbonyl (C=O) groups is 3. The van der Waals surface area contributed by atoms with Crippen LogP contribution in [0.1, 0.15) is 15.9 Å². The predicted octanol–water partition coefficient (Wildman–Crippen LogP) is 2.32. The smallest absolute Gasteiger partial charge is 0.299 e. The summed E-state index contributed by atoms with van der Waals surface area (Å²) in [7, 11) is 1.51. The Morgan fingerprint density at radius 1 is 0.864 bits per heavy atom. The standard InChI is InChI=1S/C18H13NO3/c1-19-15(12-8-4-2-5-9-12)14(17(21)18(19)22)16(20)13-10-6-3-7-11-13/h2-11H,1H3. The van der Waals surface area contributed by atoms with Crippen LogP contribution < -0.4 is 0 Å². The second-order valence-electron chi connectivity index (χ2n) is 4.98. The zero-order valence-electron chi connectivity index (χ0n) is 11.9. The minimum atomic E-state index is -0.754. The number of ketones is 2. The lowest BCUT2D eigenvalue weighted by Gasteiger charge is -2.14. The zero-order valence-corrected chi connectivity index (χ0v) is 11.9. The van der Waals surface area contributed by atoms with Gasteiger partial charge < -0.3 is 4.90 Å². The largest absolute Gasteiger partial charge is 0.307 e. The van der Waals surface area contributed by atoms with Gasteiger partial charge in [-0.2, -0.15) is 0 Å². The van der Waals surface area contributed by atoms with Gasteiger partial charge in [-0.15, -0.1) is 0 Å². The molecule has 0 radical (unpaired) electrons. The minimum absolute atomic E-state index is 0.0649. The molecule has 0 atom stereocenters. The van der Waals surface area contributed by atoms with E-state index in [1.807, 2.05) is 6.07 Å². The summed E-state index contributed by atoms with van der Waals surface area (Å²) < 4.78 is 0. The predicted molar refractivity (Wildman–Crippen MR) is 81.9 cm³/mol. The Hall–Kier alpha value is -3.01. The maximum atomic E-state index is 12.7. The second kappa shape index (κ2) is 5.41. The third-order valence-corrected chi connectivity index (χ3v) is 3.61. The summed E-state index contributed by atoms with van der Waals surface area (Å²) in [5.74, 6) is -1.87. The molecule has 2 aromatic carbocycles. The van der Waals surface area contributed by atoms with Crippen LogP contribution in [-0.4, -0.2) is 29.4 Å². The molecule has 4 heteroatoms. The molecule has 0 bridgehead atoms. The highest BCUT2D eigenvalue weighted by Crippen LogP contribution is 2.31. The van der Waals surface area contributed by atoms with Crippen LogP contribution in [0.4, 0.5) is 0 Å². The van der Waals surface area contributed by atoms with E-state index in [1.165, 1.54) is 11.9 Å². The molecule has 4 nitrogen and oxygen atoms in total. The molecule has 1 aliphatic rings. The fourth-order valence-corrected chi connectivity index (χ4v) is 2.51. The van der Waals surface area contributed by atoms with Crippen molar-refractivity contribution in [2.75, 3.05) is 7.05 Å². The molecule has 0 aromatic heterocycles. The minimum Gasteiger partial charge on any atom is -0.307 e. The van der Waals surface area contributed by atoms with Crippen LogP contribution in [0.3, 0.4) is 0 Å².